The van der Waals surface area contributed by atoms with Gasteiger partial charge in [0.2, 0.25) is 0 Å². The third-order valence-corrected chi connectivity index (χ3v) is 7.25. The van der Waals surface area contributed by atoms with Crippen molar-refractivity contribution >= 4 is 85.3 Å². The van der Waals surface area contributed by atoms with Crippen LogP contribution in [0.4, 0.5) is 5.13 Å². The number of fused-ring (bicyclic) bond motifs is 1. The van der Waals surface area contributed by atoms with Crippen LogP contribution in [-0.4, -0.2) is 66.0 Å². The molecular formula is C17H11BrClN6NaO6S2. The molecule has 1 fully saturated rings. The van der Waals surface area contributed by atoms with Crippen LogP contribution in [0.15, 0.2) is 42.7 Å². The Bertz CT molecular complexity index is 1280. The Morgan fingerprint density at radius 3 is 2.76 bits per heavy atom. The molecule has 0 unspecified atom stereocenters. The Labute approximate surface area is 234 Å². The quantitative estimate of drug-likeness (QED) is 0.0873. The van der Waals surface area contributed by atoms with E-state index < -0.39 is 34.9 Å². The minimum absolute atomic E-state index is 0. The van der Waals surface area contributed by atoms with E-state index in [4.69, 9.17) is 21.9 Å². The fraction of sp³-hybridized carbons (Fsp3) is 0.176. The zero-order valence-electron chi connectivity index (χ0n) is 17.0. The van der Waals surface area contributed by atoms with Gasteiger partial charge in [0, 0.05) is 17.7 Å². The van der Waals surface area contributed by atoms with E-state index in [2.05, 4.69) is 36.2 Å². The molecule has 34 heavy (non-hydrogen) atoms. The molecule has 2 atom stereocenters. The van der Waals surface area contributed by atoms with Gasteiger partial charge >= 0.3 is 35.5 Å². The van der Waals surface area contributed by atoms with E-state index in [9.17, 15) is 25.0 Å². The Hall–Kier alpha value is -1.88. The maximum Gasteiger partial charge on any atom is 1.00 e. The summed E-state index contributed by atoms with van der Waals surface area (Å²) < 4.78 is 5.52. The molecular weight excluding hydrogens is 587 g/mol. The van der Waals surface area contributed by atoms with Crippen molar-refractivity contribution in [2.45, 2.75) is 11.4 Å². The van der Waals surface area contributed by atoms with E-state index in [1.54, 1.807) is 6.07 Å². The van der Waals surface area contributed by atoms with E-state index in [1.807, 2.05) is 0 Å². The van der Waals surface area contributed by atoms with E-state index in [0.717, 1.165) is 16.2 Å². The minimum Gasteiger partial charge on any atom is -0.857 e. The summed E-state index contributed by atoms with van der Waals surface area (Å²) >= 11 is 11.2. The zero-order chi connectivity index (χ0) is 23.9. The zero-order valence-corrected chi connectivity index (χ0v) is 23.0. The monoisotopic (exact) mass is 596 g/mol. The number of nitrogens with two attached hydrogens (primary N) is 1. The number of amides is 1. The van der Waals surface area contributed by atoms with Crippen LogP contribution < -0.4 is 40.4 Å². The van der Waals surface area contributed by atoms with Crippen LogP contribution >= 0.6 is 50.6 Å². The van der Waals surface area contributed by atoms with Gasteiger partial charge in [0.1, 0.15) is 31.4 Å². The number of aliphatic carboxylic acids is 1. The van der Waals surface area contributed by atoms with Gasteiger partial charge in [-0.3, -0.25) is 14.7 Å². The number of nitrogen functional groups attached to an aromatic ring is 1. The van der Waals surface area contributed by atoms with Gasteiger partial charge in [0.25, 0.3) is 5.91 Å². The van der Waals surface area contributed by atoms with Gasteiger partial charge in [-0.15, -0.1) is 11.8 Å². The average molecular weight is 598 g/mol. The average Bonchev–Trinajstić information content (AvgIpc) is 3.34. The molecule has 2 aliphatic rings. The second-order valence-electron chi connectivity index (χ2n) is 6.48. The Balaban J connectivity index is 0.00000324. The molecule has 4 rings (SSSR count). The second-order valence-corrected chi connectivity index (χ2v) is 10.0. The third-order valence-electron chi connectivity index (χ3n) is 4.51. The maximum atomic E-state index is 12.7. The van der Waals surface area contributed by atoms with Crippen LogP contribution in [0.5, 0.6) is 0 Å². The van der Waals surface area contributed by atoms with E-state index >= 15 is 0 Å². The number of carbonyl (C=O) groups excluding carboxylic acids is 1. The first kappa shape index (κ1) is 26.7. The standard InChI is InChI=1S/C17H12BrClN6O6S2.Na/c18-7-3-6(31-24-7)2-1-5-4-32-15-10(14(27)25(15)11(5)16(28)29)21-13(26)9(23-30)8-12(19)33-17(20)22-8;/h1-3,10,15,30H,4H2,(H2,20,22)(H,21,26)(H,28,29);/q;+1/p-1/b2-1+,23-9-;/t10-,15-;/m1./s1. The van der Waals surface area contributed by atoms with Gasteiger partial charge in [0.05, 0.1) is 0 Å². The molecule has 0 bridgehead atoms. The van der Waals surface area contributed by atoms with Crippen molar-refractivity contribution in [2.75, 3.05) is 11.5 Å². The van der Waals surface area contributed by atoms with Gasteiger partial charge in [-0.2, -0.15) is 0 Å². The first-order valence-corrected chi connectivity index (χ1v) is 11.9. The van der Waals surface area contributed by atoms with E-state index in [0.29, 0.717) is 15.9 Å². The first-order valence-electron chi connectivity index (χ1n) is 8.82. The topological polar surface area (TPSA) is 191 Å². The van der Waals surface area contributed by atoms with Crippen LogP contribution in [0.1, 0.15) is 11.5 Å². The molecule has 1 saturated heterocycles. The molecule has 2 aliphatic heterocycles. The fourth-order valence-corrected chi connectivity index (χ4v) is 5.63. The summed E-state index contributed by atoms with van der Waals surface area (Å²) in [4.78, 5) is 33.4. The molecule has 2 aromatic rings. The maximum absolute atomic E-state index is 12.7. The minimum atomic E-state index is -1.31. The van der Waals surface area contributed by atoms with Crippen molar-refractivity contribution in [3.63, 3.8) is 0 Å². The van der Waals surface area contributed by atoms with Gasteiger partial charge in [-0.25, -0.2) is 9.78 Å². The molecule has 0 radical (unpaired) electrons. The van der Waals surface area contributed by atoms with Crippen molar-refractivity contribution in [2.24, 2.45) is 10.1 Å². The molecule has 2 aromatic heterocycles. The number of thioether (sulfide) groups is 1. The number of aliphatic imine (C=N–C) groups is 1. The van der Waals surface area contributed by atoms with Crippen molar-refractivity contribution in [1.29, 1.82) is 0 Å². The van der Waals surface area contributed by atoms with Crippen LogP contribution in [0.25, 0.3) is 6.08 Å². The van der Waals surface area contributed by atoms with Crippen LogP contribution in [0.2, 0.25) is 4.34 Å². The van der Waals surface area contributed by atoms with E-state index in [1.165, 1.54) is 23.9 Å². The Morgan fingerprint density at radius 2 is 2.21 bits per heavy atom. The van der Waals surface area contributed by atoms with Crippen molar-refractivity contribution in [3.05, 3.63) is 43.8 Å². The summed E-state index contributed by atoms with van der Waals surface area (Å²) in [6.45, 7) is 0. The molecule has 0 aliphatic carbocycles. The molecule has 17 heteroatoms. The number of carboxylic acid groups (broad SMARTS) is 1. The molecule has 1 amide bonds. The second kappa shape index (κ2) is 10.8. The number of halogens is 2. The molecule has 4 N–H and O–H groups in total. The fourth-order valence-electron chi connectivity index (χ4n) is 3.11. The van der Waals surface area contributed by atoms with Crippen molar-refractivity contribution in [1.82, 2.24) is 15.0 Å². The number of aromatic nitrogens is 2. The van der Waals surface area contributed by atoms with Crippen LogP contribution in [0, 0.1) is 0 Å². The molecule has 0 saturated carbocycles. The normalized spacial score (nSPS) is 20.9. The first-order chi connectivity index (χ1) is 15.7. The van der Waals surface area contributed by atoms with Crippen LogP contribution in [-0.2, 0) is 9.59 Å². The molecule has 4 heterocycles. The number of oxime groups is 1. The summed E-state index contributed by atoms with van der Waals surface area (Å²) in [5, 5.41) is 37.4. The number of allylic oxidation sites excluding steroid dienone is 1. The number of carbonyl (C=O) groups is 2. The molecule has 12 nitrogen and oxygen atoms in total. The third kappa shape index (κ3) is 5.05. The number of β-lactam (4-membered cyclic amide) rings is 1. The Morgan fingerprint density at radius 1 is 1.47 bits per heavy atom. The summed E-state index contributed by atoms with van der Waals surface area (Å²) in [5.41, 5.74) is 4.96. The summed E-state index contributed by atoms with van der Waals surface area (Å²) in [7, 11) is 0. The number of carboxylic acids is 1. The molecule has 172 valence electrons. The van der Waals surface area contributed by atoms with Crippen LogP contribution in [0.3, 0.4) is 0 Å². The molecule has 0 aromatic carbocycles. The number of anilines is 1. The van der Waals surface area contributed by atoms with Gasteiger partial charge < -0.3 is 25.7 Å². The summed E-state index contributed by atoms with van der Waals surface area (Å²) in [6.07, 6.45) is 3.05. The predicted molar refractivity (Wildman–Crippen MR) is 122 cm³/mol. The van der Waals surface area contributed by atoms with Gasteiger partial charge in [-0.1, -0.05) is 39.3 Å². The summed E-state index contributed by atoms with van der Waals surface area (Å²) in [5.74, 6) is -2.41. The number of rotatable bonds is 6. The Kier molecular flexibility index (Phi) is 8.49. The number of nitrogens with zero attached hydrogens (tertiary/aromatic N) is 5. The SMILES string of the molecule is Nc1nc(/C(=N/O)C([O-])=N[C@@H]2C(=O)N3C(C(=O)O)=C(/C=C/c4cc(Br)no4)CS[C@H]23)c(Cl)s1.[Na+]. The van der Waals surface area contributed by atoms with Gasteiger partial charge in [-0.05, 0) is 27.6 Å². The number of thiazole rings is 1. The smallest absolute Gasteiger partial charge is 0.857 e. The molecule has 0 spiro atoms. The van der Waals surface area contributed by atoms with Gasteiger partial charge in [0.15, 0.2) is 16.9 Å². The largest absolute Gasteiger partial charge is 1.00 e. The predicted octanol–water partition coefficient (Wildman–Crippen LogP) is -1.59. The van der Waals surface area contributed by atoms with E-state index in [-0.39, 0.29) is 56.2 Å². The number of hydrogen-bond acceptors (Lipinski definition) is 12. The number of hydrogen-bond donors (Lipinski definition) is 3. The van der Waals surface area contributed by atoms with Crippen molar-refractivity contribution < 1.29 is 59.1 Å². The van der Waals surface area contributed by atoms with Crippen molar-refractivity contribution in [3.8, 4) is 0 Å². The summed E-state index contributed by atoms with van der Waals surface area (Å²) in [6, 6.07) is 0.424.